The first-order valence-corrected chi connectivity index (χ1v) is 9.20. The first-order chi connectivity index (χ1) is 10.7. The molecular weight excluding hydrogens is 308 g/mol. The van der Waals surface area contributed by atoms with Crippen molar-refractivity contribution >= 4 is 28.7 Å². The van der Waals surface area contributed by atoms with Crippen molar-refractivity contribution in [3.63, 3.8) is 0 Å². The minimum Gasteiger partial charge on any atom is -0.363 e. The van der Waals surface area contributed by atoms with Crippen molar-refractivity contribution in [1.29, 1.82) is 0 Å². The van der Waals surface area contributed by atoms with E-state index in [4.69, 9.17) is 12.2 Å². The maximum absolute atomic E-state index is 5.37. The van der Waals surface area contributed by atoms with Gasteiger partial charge in [-0.2, -0.15) is 0 Å². The van der Waals surface area contributed by atoms with E-state index in [9.17, 15) is 0 Å². The van der Waals surface area contributed by atoms with Crippen LogP contribution in [0.15, 0.2) is 41.8 Å². The second-order valence-corrected chi connectivity index (χ2v) is 6.68. The van der Waals surface area contributed by atoms with Crippen LogP contribution in [0.4, 0.5) is 0 Å². The van der Waals surface area contributed by atoms with Crippen LogP contribution in [0, 0.1) is 0 Å². The van der Waals surface area contributed by atoms with Crippen molar-refractivity contribution in [2.75, 3.05) is 6.54 Å². The summed E-state index contributed by atoms with van der Waals surface area (Å²) in [7, 11) is 0. The number of benzene rings is 1. The molecule has 4 heteroatoms. The summed E-state index contributed by atoms with van der Waals surface area (Å²) in [6.07, 6.45) is 3.64. The molecule has 0 aliphatic heterocycles. The molecule has 0 unspecified atom stereocenters. The third kappa shape index (κ3) is 4.82. The molecule has 22 heavy (non-hydrogen) atoms. The highest BCUT2D eigenvalue weighted by Gasteiger charge is 2.16. The van der Waals surface area contributed by atoms with Gasteiger partial charge in [0, 0.05) is 11.4 Å². The van der Waals surface area contributed by atoms with E-state index in [1.807, 2.05) is 0 Å². The van der Waals surface area contributed by atoms with Gasteiger partial charge in [-0.05, 0) is 54.6 Å². The number of aryl methyl sites for hydroxylation is 1. The summed E-state index contributed by atoms with van der Waals surface area (Å²) >= 11 is 7.12. The predicted molar refractivity (Wildman–Crippen MR) is 101 cm³/mol. The molecule has 2 rings (SSSR count). The zero-order valence-corrected chi connectivity index (χ0v) is 14.9. The van der Waals surface area contributed by atoms with Gasteiger partial charge >= 0.3 is 0 Å². The Balaban J connectivity index is 2.16. The van der Waals surface area contributed by atoms with Crippen molar-refractivity contribution < 1.29 is 0 Å². The molecule has 2 aromatic rings. The highest BCUT2D eigenvalue weighted by molar-refractivity contribution is 7.80. The number of rotatable bonds is 7. The Kier molecular flexibility index (Phi) is 6.87. The van der Waals surface area contributed by atoms with E-state index in [0.717, 1.165) is 13.0 Å². The fourth-order valence-electron chi connectivity index (χ4n) is 2.37. The van der Waals surface area contributed by atoms with Crippen LogP contribution in [0.2, 0.25) is 0 Å². The third-order valence-electron chi connectivity index (χ3n) is 3.57. The summed E-state index contributed by atoms with van der Waals surface area (Å²) in [4.78, 5) is 1.28. The first-order valence-electron chi connectivity index (χ1n) is 7.91. The summed E-state index contributed by atoms with van der Waals surface area (Å²) in [5.74, 6) is 0. The Morgan fingerprint density at radius 1 is 1.18 bits per heavy atom. The fourth-order valence-corrected chi connectivity index (χ4v) is 3.44. The largest absolute Gasteiger partial charge is 0.363 e. The van der Waals surface area contributed by atoms with Crippen LogP contribution in [-0.4, -0.2) is 11.7 Å². The maximum atomic E-state index is 5.37. The molecular formula is C18H24N2S2. The molecule has 0 radical (unpaired) electrons. The van der Waals surface area contributed by atoms with Crippen molar-refractivity contribution in [2.45, 2.75) is 39.2 Å². The second kappa shape index (κ2) is 8.91. The monoisotopic (exact) mass is 332 g/mol. The van der Waals surface area contributed by atoms with Gasteiger partial charge in [-0.3, -0.25) is 0 Å². The Labute approximate surface area is 143 Å². The molecule has 0 amide bonds. The second-order valence-electron chi connectivity index (χ2n) is 5.30. The zero-order valence-electron chi connectivity index (χ0n) is 13.3. The molecule has 1 atom stereocenters. The van der Waals surface area contributed by atoms with Crippen LogP contribution < -0.4 is 10.6 Å². The predicted octanol–water partition coefficient (Wildman–Crippen LogP) is 4.66. The van der Waals surface area contributed by atoms with Gasteiger partial charge in [-0.25, -0.2) is 0 Å². The number of thiophene rings is 1. The van der Waals surface area contributed by atoms with E-state index in [2.05, 4.69) is 66.3 Å². The van der Waals surface area contributed by atoms with E-state index in [-0.39, 0.29) is 6.04 Å². The minimum absolute atomic E-state index is 0.117. The zero-order chi connectivity index (χ0) is 15.8. The van der Waals surface area contributed by atoms with Gasteiger partial charge in [0.25, 0.3) is 0 Å². The number of nitrogens with one attached hydrogen (secondary N) is 2. The molecule has 0 saturated carbocycles. The van der Waals surface area contributed by atoms with E-state index in [0.29, 0.717) is 5.11 Å². The van der Waals surface area contributed by atoms with Gasteiger partial charge in [0.2, 0.25) is 0 Å². The molecule has 118 valence electrons. The van der Waals surface area contributed by atoms with Crippen LogP contribution in [0.3, 0.4) is 0 Å². The average molecular weight is 333 g/mol. The minimum atomic E-state index is 0.117. The SMILES string of the molecule is CCCCc1ccc([C@H](NC(=S)NCC)c2cccs2)cc1. The van der Waals surface area contributed by atoms with Gasteiger partial charge < -0.3 is 10.6 Å². The number of unbranched alkanes of at least 4 members (excludes halogenated alkanes) is 1. The molecule has 1 aromatic carbocycles. The number of hydrogen-bond acceptors (Lipinski definition) is 2. The molecule has 0 fully saturated rings. The number of hydrogen-bond donors (Lipinski definition) is 2. The summed E-state index contributed by atoms with van der Waals surface area (Å²) in [5, 5.41) is 9.41. The quantitative estimate of drug-likeness (QED) is 0.721. The Hall–Kier alpha value is -1.39. The summed E-state index contributed by atoms with van der Waals surface area (Å²) in [5.41, 5.74) is 2.66. The first kappa shape index (κ1) is 17.0. The van der Waals surface area contributed by atoms with Crippen molar-refractivity contribution in [3.05, 3.63) is 57.8 Å². The molecule has 1 heterocycles. The van der Waals surface area contributed by atoms with Gasteiger partial charge in [-0.1, -0.05) is 43.7 Å². The van der Waals surface area contributed by atoms with Crippen LogP contribution in [-0.2, 0) is 6.42 Å². The van der Waals surface area contributed by atoms with Gasteiger partial charge in [-0.15, -0.1) is 11.3 Å². The molecule has 0 bridgehead atoms. The van der Waals surface area contributed by atoms with E-state index < -0.39 is 0 Å². The van der Waals surface area contributed by atoms with Crippen molar-refractivity contribution in [1.82, 2.24) is 10.6 Å². The standard InChI is InChI=1S/C18H24N2S2/c1-3-5-7-14-9-11-15(12-10-14)17(16-8-6-13-22-16)20-18(21)19-4-2/h6,8-13,17H,3-5,7H2,1-2H3,(H2,19,20,21)/t17-/m0/s1. The Morgan fingerprint density at radius 3 is 2.55 bits per heavy atom. The fraction of sp³-hybridized carbons (Fsp3) is 0.389. The van der Waals surface area contributed by atoms with Crippen LogP contribution in [0.25, 0.3) is 0 Å². The smallest absolute Gasteiger partial charge is 0.167 e. The molecule has 0 spiro atoms. The molecule has 0 saturated heterocycles. The highest BCUT2D eigenvalue weighted by atomic mass is 32.1. The Bertz CT molecular complexity index is 561. The van der Waals surface area contributed by atoms with Gasteiger partial charge in [0.05, 0.1) is 6.04 Å². The molecule has 2 N–H and O–H groups in total. The molecule has 0 aliphatic rings. The van der Waals surface area contributed by atoms with Gasteiger partial charge in [0.1, 0.15) is 0 Å². The van der Waals surface area contributed by atoms with Gasteiger partial charge in [0.15, 0.2) is 5.11 Å². The average Bonchev–Trinajstić information content (AvgIpc) is 3.06. The third-order valence-corrected chi connectivity index (χ3v) is 4.77. The van der Waals surface area contributed by atoms with Crippen LogP contribution in [0.1, 0.15) is 48.7 Å². The summed E-state index contributed by atoms with van der Waals surface area (Å²) < 4.78 is 0. The highest BCUT2D eigenvalue weighted by Crippen LogP contribution is 2.26. The van der Waals surface area contributed by atoms with Crippen LogP contribution in [0.5, 0.6) is 0 Å². The lowest BCUT2D eigenvalue weighted by Crippen LogP contribution is -2.37. The van der Waals surface area contributed by atoms with Crippen LogP contribution >= 0.6 is 23.6 Å². The molecule has 0 aliphatic carbocycles. The molecule has 2 nitrogen and oxygen atoms in total. The maximum Gasteiger partial charge on any atom is 0.167 e. The summed E-state index contributed by atoms with van der Waals surface area (Å²) in [6, 6.07) is 13.3. The Morgan fingerprint density at radius 2 is 1.95 bits per heavy atom. The van der Waals surface area contributed by atoms with E-state index in [1.54, 1.807) is 11.3 Å². The number of thiocarbonyl (C=S) groups is 1. The van der Waals surface area contributed by atoms with E-state index >= 15 is 0 Å². The topological polar surface area (TPSA) is 24.1 Å². The van der Waals surface area contributed by atoms with E-state index in [1.165, 1.54) is 28.8 Å². The lowest BCUT2D eigenvalue weighted by atomic mass is 10.0. The lowest BCUT2D eigenvalue weighted by Gasteiger charge is -2.20. The normalized spacial score (nSPS) is 11.9. The van der Waals surface area contributed by atoms with Crippen molar-refractivity contribution in [2.24, 2.45) is 0 Å². The lowest BCUT2D eigenvalue weighted by molar-refractivity contribution is 0.752. The molecule has 1 aromatic heterocycles. The van der Waals surface area contributed by atoms with Crippen molar-refractivity contribution in [3.8, 4) is 0 Å². The summed E-state index contributed by atoms with van der Waals surface area (Å²) in [6.45, 7) is 5.11.